The molecule has 1 spiro atoms. The lowest BCUT2D eigenvalue weighted by atomic mass is 9.65. The highest BCUT2D eigenvalue weighted by Gasteiger charge is 2.73. The Labute approximate surface area is 256 Å². The first kappa shape index (κ1) is 29.0. The van der Waals surface area contributed by atoms with Crippen LogP contribution in [0.2, 0.25) is 0 Å². The summed E-state index contributed by atoms with van der Waals surface area (Å²) in [6, 6.07) is 32.1. The number of benzene rings is 4. The number of rotatable bonds is 8. The molecule has 4 atom stereocenters. The average Bonchev–Trinajstić information content (AvgIpc) is 3.52. The van der Waals surface area contributed by atoms with Crippen molar-refractivity contribution in [1.82, 2.24) is 0 Å². The smallest absolute Gasteiger partial charge is 0.329 e. The first-order valence-electron chi connectivity index (χ1n) is 14.6. The number of amides is 1. The van der Waals surface area contributed by atoms with Gasteiger partial charge in [0.1, 0.15) is 23.1 Å². The molecule has 6 rings (SSSR count). The van der Waals surface area contributed by atoms with E-state index in [0.29, 0.717) is 22.7 Å². The maximum Gasteiger partial charge on any atom is 0.329 e. The Morgan fingerprint density at radius 1 is 0.795 bits per heavy atom. The number of hydrogen-bond donors (Lipinski definition) is 0. The second kappa shape index (κ2) is 11.9. The van der Waals surface area contributed by atoms with E-state index in [1.807, 2.05) is 114 Å². The highest BCUT2D eigenvalue weighted by atomic mass is 16.5. The van der Waals surface area contributed by atoms with Gasteiger partial charge in [-0.05, 0) is 53.9 Å². The van der Waals surface area contributed by atoms with E-state index in [0.717, 1.165) is 11.1 Å². The van der Waals surface area contributed by atoms with Crippen LogP contribution in [0.5, 0.6) is 5.75 Å². The van der Waals surface area contributed by atoms with Crippen LogP contribution in [0.25, 0.3) is 0 Å². The van der Waals surface area contributed by atoms with E-state index in [4.69, 9.17) is 14.2 Å². The third-order valence-electron chi connectivity index (χ3n) is 8.71. The van der Waals surface area contributed by atoms with Crippen molar-refractivity contribution in [2.24, 2.45) is 5.92 Å². The average molecular weight is 591 g/mol. The van der Waals surface area contributed by atoms with E-state index in [-0.39, 0.29) is 19.1 Å². The predicted octanol–water partition coefficient (Wildman–Crippen LogP) is 5.46. The van der Waals surface area contributed by atoms with Crippen LogP contribution in [0.1, 0.15) is 29.7 Å². The molecule has 8 nitrogen and oxygen atoms in total. The molecule has 224 valence electrons. The van der Waals surface area contributed by atoms with Crippen LogP contribution < -0.4 is 14.5 Å². The summed E-state index contributed by atoms with van der Waals surface area (Å²) in [5.74, 6) is -2.14. The zero-order valence-corrected chi connectivity index (χ0v) is 24.9. The molecule has 8 heteroatoms. The fourth-order valence-corrected chi connectivity index (χ4v) is 6.99. The normalized spacial score (nSPS) is 22.2. The van der Waals surface area contributed by atoms with Crippen molar-refractivity contribution < 1.29 is 28.6 Å². The number of nitrogens with zero attached hydrogens (tertiary/aromatic N) is 2. The number of carbonyl (C=O) groups is 3. The zero-order valence-electron chi connectivity index (χ0n) is 24.9. The number of ether oxygens (including phenoxy) is 3. The minimum Gasteiger partial charge on any atom is -0.497 e. The highest BCUT2D eigenvalue weighted by Crippen LogP contribution is 2.62. The standard InChI is InChI=1S/C36H34N2O6/c1-4-44-34(40)31-30(33(39)43-3)36(28-17-11-12-18-29(28)37(35(36)41)23-24-13-7-5-8-14-24)32(25-19-21-27(42-2)22-20-25)38(31)26-15-9-6-10-16-26/h5-22,30-32H,4,23H2,1-3H3/t30-,31-,32+,36-/m0/s1. The quantitative estimate of drug-likeness (QED) is 0.252. The van der Waals surface area contributed by atoms with Crippen molar-refractivity contribution in [3.8, 4) is 5.75 Å². The van der Waals surface area contributed by atoms with E-state index in [9.17, 15) is 9.59 Å². The lowest BCUT2D eigenvalue weighted by molar-refractivity contribution is -0.157. The predicted molar refractivity (Wildman–Crippen MR) is 166 cm³/mol. The van der Waals surface area contributed by atoms with E-state index in [2.05, 4.69) is 0 Å². The number of hydrogen-bond acceptors (Lipinski definition) is 7. The summed E-state index contributed by atoms with van der Waals surface area (Å²) >= 11 is 0. The van der Waals surface area contributed by atoms with Gasteiger partial charge < -0.3 is 24.0 Å². The first-order chi connectivity index (χ1) is 21.5. The monoisotopic (exact) mass is 590 g/mol. The molecule has 0 aliphatic carbocycles. The van der Waals surface area contributed by atoms with Crippen molar-refractivity contribution in [2.45, 2.75) is 31.0 Å². The number of carbonyl (C=O) groups excluding carboxylic acids is 3. The Hall–Kier alpha value is -5.11. The number of methoxy groups -OCH3 is 2. The lowest BCUT2D eigenvalue weighted by Gasteiger charge is -2.37. The minimum absolute atomic E-state index is 0.108. The molecule has 2 aliphatic rings. The Morgan fingerprint density at radius 2 is 1.43 bits per heavy atom. The summed E-state index contributed by atoms with van der Waals surface area (Å²) in [5.41, 5.74) is 2.14. The van der Waals surface area contributed by atoms with Crippen molar-refractivity contribution in [2.75, 3.05) is 30.6 Å². The third kappa shape index (κ3) is 4.49. The lowest BCUT2D eigenvalue weighted by Crippen LogP contribution is -2.51. The molecule has 0 aromatic heterocycles. The molecule has 0 unspecified atom stereocenters. The fourth-order valence-electron chi connectivity index (χ4n) is 6.99. The van der Waals surface area contributed by atoms with Gasteiger partial charge in [0.15, 0.2) is 0 Å². The maximum absolute atomic E-state index is 15.3. The molecule has 44 heavy (non-hydrogen) atoms. The Balaban J connectivity index is 1.68. The maximum atomic E-state index is 15.3. The summed E-state index contributed by atoms with van der Waals surface area (Å²) < 4.78 is 16.5. The molecular weight excluding hydrogens is 556 g/mol. The molecule has 0 N–H and O–H groups in total. The van der Waals surface area contributed by atoms with Crippen molar-refractivity contribution in [3.05, 3.63) is 126 Å². The van der Waals surface area contributed by atoms with Gasteiger partial charge in [0.05, 0.1) is 33.4 Å². The van der Waals surface area contributed by atoms with Crippen LogP contribution in [-0.2, 0) is 35.8 Å². The van der Waals surface area contributed by atoms with E-state index >= 15 is 4.79 Å². The number of anilines is 2. The topological polar surface area (TPSA) is 85.4 Å². The molecule has 0 bridgehead atoms. The zero-order chi connectivity index (χ0) is 30.8. The van der Waals surface area contributed by atoms with Crippen LogP contribution >= 0.6 is 0 Å². The summed E-state index contributed by atoms with van der Waals surface area (Å²) in [4.78, 5) is 47.1. The van der Waals surface area contributed by atoms with E-state index < -0.39 is 35.4 Å². The van der Waals surface area contributed by atoms with Gasteiger partial charge in [0, 0.05) is 11.4 Å². The Bertz CT molecular complexity index is 1660. The SMILES string of the molecule is CCOC(=O)[C@@H]1[C@@H](C(=O)OC)[C@]2(C(=O)N(Cc3ccccc3)c3ccccc32)[C@@H](c2ccc(OC)cc2)N1c1ccccc1. The Morgan fingerprint density at radius 3 is 2.07 bits per heavy atom. The van der Waals surface area contributed by atoms with Gasteiger partial charge in [0.2, 0.25) is 5.91 Å². The van der Waals surface area contributed by atoms with Crippen molar-refractivity contribution in [1.29, 1.82) is 0 Å². The Kier molecular flexibility index (Phi) is 7.82. The van der Waals surface area contributed by atoms with Crippen LogP contribution in [0.15, 0.2) is 109 Å². The van der Waals surface area contributed by atoms with Gasteiger partial charge in [0.25, 0.3) is 0 Å². The minimum atomic E-state index is -1.54. The molecule has 0 radical (unpaired) electrons. The number of esters is 2. The first-order valence-corrected chi connectivity index (χ1v) is 14.6. The molecule has 2 heterocycles. The van der Waals surface area contributed by atoms with Crippen LogP contribution in [0.4, 0.5) is 11.4 Å². The molecule has 1 amide bonds. The van der Waals surface area contributed by atoms with Gasteiger partial charge >= 0.3 is 11.9 Å². The van der Waals surface area contributed by atoms with Crippen molar-refractivity contribution in [3.63, 3.8) is 0 Å². The van der Waals surface area contributed by atoms with Gasteiger partial charge in [-0.1, -0.05) is 78.9 Å². The molecule has 4 aromatic carbocycles. The molecular formula is C36H34N2O6. The van der Waals surface area contributed by atoms with E-state index in [1.54, 1.807) is 18.9 Å². The fraction of sp³-hybridized carbons (Fsp3) is 0.250. The largest absolute Gasteiger partial charge is 0.497 e. The second-order valence-corrected chi connectivity index (χ2v) is 10.9. The molecule has 2 aliphatic heterocycles. The van der Waals surface area contributed by atoms with Crippen LogP contribution in [0, 0.1) is 5.92 Å². The summed E-state index contributed by atoms with van der Waals surface area (Å²) in [5, 5.41) is 0. The summed E-state index contributed by atoms with van der Waals surface area (Å²) in [6.07, 6.45) is 0. The third-order valence-corrected chi connectivity index (χ3v) is 8.71. The molecule has 1 saturated heterocycles. The van der Waals surface area contributed by atoms with Gasteiger partial charge in [-0.3, -0.25) is 9.59 Å². The van der Waals surface area contributed by atoms with Crippen molar-refractivity contribution >= 4 is 29.2 Å². The van der Waals surface area contributed by atoms with Gasteiger partial charge in [-0.15, -0.1) is 0 Å². The molecule has 4 aromatic rings. The van der Waals surface area contributed by atoms with Gasteiger partial charge in [-0.2, -0.15) is 0 Å². The molecule has 0 saturated carbocycles. The highest BCUT2D eigenvalue weighted by molar-refractivity contribution is 6.13. The van der Waals surface area contributed by atoms with Crippen LogP contribution in [0.3, 0.4) is 0 Å². The second-order valence-electron chi connectivity index (χ2n) is 10.9. The molecule has 1 fully saturated rings. The number of fused-ring (bicyclic) bond motifs is 2. The summed E-state index contributed by atoms with van der Waals surface area (Å²) in [6.45, 7) is 2.12. The number of para-hydroxylation sites is 2. The van der Waals surface area contributed by atoms with Crippen LogP contribution in [-0.4, -0.2) is 44.7 Å². The summed E-state index contributed by atoms with van der Waals surface area (Å²) in [7, 11) is 2.88. The van der Waals surface area contributed by atoms with Gasteiger partial charge in [-0.25, -0.2) is 4.79 Å². The van der Waals surface area contributed by atoms with E-state index in [1.165, 1.54) is 7.11 Å².